The van der Waals surface area contributed by atoms with Gasteiger partial charge in [-0.3, -0.25) is 4.79 Å². The number of aromatic nitrogens is 4. The molecule has 0 saturated carbocycles. The number of rotatable bonds is 3. The minimum absolute atomic E-state index is 0.0694. The van der Waals surface area contributed by atoms with Crippen LogP contribution in [0.2, 0.25) is 0 Å². The molecule has 5 nitrogen and oxygen atoms in total. The van der Waals surface area contributed by atoms with E-state index in [1.807, 2.05) is 0 Å². The Balaban J connectivity index is 2.11. The van der Waals surface area contributed by atoms with Gasteiger partial charge in [0, 0.05) is 11.6 Å². The third-order valence-corrected chi connectivity index (χ3v) is 2.17. The molecule has 0 atom stereocenters. The summed E-state index contributed by atoms with van der Waals surface area (Å²) < 4.78 is 3.68. The van der Waals surface area contributed by atoms with Crippen molar-refractivity contribution in [2.24, 2.45) is 0 Å². The molecule has 0 aliphatic heterocycles. The van der Waals surface area contributed by atoms with E-state index >= 15 is 0 Å². The standard InChI is InChI=1S/C8H6N4OS/c13-8(3-6-4-14-12-11-6)7-1-2-9-5-10-7/h1-2,4-5H,3H2. The van der Waals surface area contributed by atoms with Crippen LogP contribution < -0.4 is 0 Å². The molecule has 2 rings (SSSR count). The van der Waals surface area contributed by atoms with E-state index in [1.165, 1.54) is 17.9 Å². The van der Waals surface area contributed by atoms with Gasteiger partial charge in [-0.15, -0.1) is 5.10 Å². The van der Waals surface area contributed by atoms with E-state index in [0.29, 0.717) is 11.4 Å². The Hall–Kier alpha value is -1.69. The molecule has 0 amide bonds. The highest BCUT2D eigenvalue weighted by molar-refractivity contribution is 7.03. The van der Waals surface area contributed by atoms with Crippen molar-refractivity contribution in [3.8, 4) is 0 Å². The van der Waals surface area contributed by atoms with Gasteiger partial charge in [0.25, 0.3) is 0 Å². The van der Waals surface area contributed by atoms with Gasteiger partial charge in [0.15, 0.2) is 5.78 Å². The summed E-state index contributed by atoms with van der Waals surface area (Å²) in [5.74, 6) is -0.0694. The molecule has 0 radical (unpaired) electrons. The van der Waals surface area contributed by atoms with E-state index in [-0.39, 0.29) is 12.2 Å². The third-order valence-electron chi connectivity index (χ3n) is 1.61. The molecule has 2 aromatic rings. The van der Waals surface area contributed by atoms with Gasteiger partial charge in [-0.1, -0.05) is 4.49 Å². The van der Waals surface area contributed by atoms with Crippen molar-refractivity contribution in [3.63, 3.8) is 0 Å². The number of Topliss-reactive ketones (excluding diaryl/α,β-unsaturated/α-hetero) is 1. The fourth-order valence-corrected chi connectivity index (χ4v) is 1.42. The zero-order chi connectivity index (χ0) is 9.80. The van der Waals surface area contributed by atoms with Gasteiger partial charge in [-0.05, 0) is 17.6 Å². The maximum absolute atomic E-state index is 11.6. The highest BCUT2D eigenvalue weighted by atomic mass is 32.1. The number of carbonyl (C=O) groups is 1. The average Bonchev–Trinajstić information content (AvgIpc) is 2.72. The quantitative estimate of drug-likeness (QED) is 0.693. The van der Waals surface area contributed by atoms with Gasteiger partial charge >= 0.3 is 0 Å². The van der Waals surface area contributed by atoms with E-state index in [4.69, 9.17) is 0 Å². The number of carbonyl (C=O) groups excluding carboxylic acids is 1. The Bertz CT molecular complexity index is 414. The fraction of sp³-hybridized carbons (Fsp3) is 0.125. The maximum Gasteiger partial charge on any atom is 0.187 e. The summed E-state index contributed by atoms with van der Waals surface area (Å²) in [4.78, 5) is 19.1. The first-order chi connectivity index (χ1) is 6.86. The highest BCUT2D eigenvalue weighted by Gasteiger charge is 2.09. The zero-order valence-corrected chi connectivity index (χ0v) is 7.94. The van der Waals surface area contributed by atoms with Crippen LogP contribution in [0, 0.1) is 0 Å². The number of hydrogen-bond acceptors (Lipinski definition) is 6. The lowest BCUT2D eigenvalue weighted by Crippen LogP contribution is -2.06. The maximum atomic E-state index is 11.6. The van der Waals surface area contributed by atoms with Crippen molar-refractivity contribution in [2.75, 3.05) is 0 Å². The first kappa shape index (κ1) is 8.89. The molecule has 0 fully saturated rings. The third kappa shape index (κ3) is 1.97. The largest absolute Gasteiger partial charge is 0.292 e. The van der Waals surface area contributed by atoms with Gasteiger partial charge in [-0.2, -0.15) is 0 Å². The molecule has 0 aliphatic carbocycles. The van der Waals surface area contributed by atoms with E-state index in [0.717, 1.165) is 0 Å². The molecular formula is C8H6N4OS. The Morgan fingerprint density at radius 2 is 2.43 bits per heavy atom. The molecule has 2 aromatic heterocycles. The number of hydrogen-bond donors (Lipinski definition) is 0. The minimum Gasteiger partial charge on any atom is -0.292 e. The van der Waals surface area contributed by atoms with E-state index < -0.39 is 0 Å². The normalized spacial score (nSPS) is 10.0. The fourth-order valence-electron chi connectivity index (χ4n) is 0.972. The molecular weight excluding hydrogens is 200 g/mol. The summed E-state index contributed by atoms with van der Waals surface area (Å²) in [5.41, 5.74) is 1.09. The summed E-state index contributed by atoms with van der Waals surface area (Å²) in [7, 11) is 0. The summed E-state index contributed by atoms with van der Waals surface area (Å²) >= 11 is 1.23. The highest BCUT2D eigenvalue weighted by Crippen LogP contribution is 2.03. The second-order valence-corrected chi connectivity index (χ2v) is 3.20. The molecule has 0 spiro atoms. The van der Waals surface area contributed by atoms with Crippen LogP contribution in [0.3, 0.4) is 0 Å². The van der Waals surface area contributed by atoms with Crippen LogP contribution in [0.5, 0.6) is 0 Å². The van der Waals surface area contributed by atoms with Crippen LogP contribution in [0.25, 0.3) is 0 Å². The molecule has 2 heterocycles. The predicted octanol–water partition coefficient (Wildman–Crippen LogP) is 0.754. The lowest BCUT2D eigenvalue weighted by atomic mass is 10.2. The summed E-state index contributed by atoms with van der Waals surface area (Å²) in [6.07, 6.45) is 3.14. The topological polar surface area (TPSA) is 68.6 Å². The van der Waals surface area contributed by atoms with Crippen LogP contribution >= 0.6 is 11.5 Å². The van der Waals surface area contributed by atoms with Gasteiger partial charge < -0.3 is 0 Å². The van der Waals surface area contributed by atoms with Crippen LogP contribution in [0.15, 0.2) is 24.0 Å². The van der Waals surface area contributed by atoms with Crippen molar-refractivity contribution in [1.29, 1.82) is 0 Å². The monoisotopic (exact) mass is 206 g/mol. The predicted molar refractivity (Wildman–Crippen MR) is 50.0 cm³/mol. The summed E-state index contributed by atoms with van der Waals surface area (Å²) in [6.45, 7) is 0. The molecule has 0 aromatic carbocycles. The molecule has 0 N–H and O–H groups in total. The minimum atomic E-state index is -0.0694. The summed E-state index contributed by atoms with van der Waals surface area (Å²) in [5, 5.41) is 5.54. The average molecular weight is 206 g/mol. The van der Waals surface area contributed by atoms with Crippen molar-refractivity contribution >= 4 is 17.3 Å². The van der Waals surface area contributed by atoms with Crippen LogP contribution in [0.1, 0.15) is 16.2 Å². The van der Waals surface area contributed by atoms with Crippen molar-refractivity contribution in [2.45, 2.75) is 6.42 Å². The van der Waals surface area contributed by atoms with Crippen molar-refractivity contribution < 1.29 is 4.79 Å². The van der Waals surface area contributed by atoms with E-state index in [9.17, 15) is 4.79 Å². The van der Waals surface area contributed by atoms with E-state index in [2.05, 4.69) is 19.6 Å². The molecule has 0 unspecified atom stereocenters. The Morgan fingerprint density at radius 3 is 3.07 bits per heavy atom. The number of nitrogens with zero attached hydrogens (tertiary/aromatic N) is 4. The first-order valence-corrected chi connectivity index (χ1v) is 4.75. The summed E-state index contributed by atoms with van der Waals surface area (Å²) in [6, 6.07) is 1.59. The van der Waals surface area contributed by atoms with Gasteiger partial charge in [-0.25, -0.2) is 9.97 Å². The molecule has 6 heteroatoms. The van der Waals surface area contributed by atoms with E-state index in [1.54, 1.807) is 17.6 Å². The second kappa shape index (κ2) is 4.01. The second-order valence-electron chi connectivity index (χ2n) is 2.59. The molecule has 0 bridgehead atoms. The van der Waals surface area contributed by atoms with Crippen LogP contribution in [-0.2, 0) is 6.42 Å². The first-order valence-electron chi connectivity index (χ1n) is 3.91. The Labute approximate surface area is 84.0 Å². The zero-order valence-electron chi connectivity index (χ0n) is 7.12. The smallest absolute Gasteiger partial charge is 0.187 e. The number of ketones is 1. The molecule has 70 valence electrons. The van der Waals surface area contributed by atoms with Gasteiger partial charge in [0.05, 0.1) is 12.1 Å². The van der Waals surface area contributed by atoms with Crippen LogP contribution in [-0.4, -0.2) is 25.3 Å². The molecule has 0 saturated heterocycles. The van der Waals surface area contributed by atoms with Gasteiger partial charge in [0.2, 0.25) is 0 Å². The molecule has 14 heavy (non-hydrogen) atoms. The molecule has 0 aliphatic rings. The van der Waals surface area contributed by atoms with Crippen molar-refractivity contribution in [1.82, 2.24) is 19.6 Å². The van der Waals surface area contributed by atoms with Crippen LogP contribution in [0.4, 0.5) is 0 Å². The lowest BCUT2D eigenvalue weighted by molar-refractivity contribution is 0.0987. The lowest BCUT2D eigenvalue weighted by Gasteiger charge is -1.95. The Kier molecular flexibility index (Phi) is 2.55. The van der Waals surface area contributed by atoms with Gasteiger partial charge in [0.1, 0.15) is 12.0 Å². The Morgan fingerprint density at radius 1 is 1.50 bits per heavy atom. The van der Waals surface area contributed by atoms with Crippen molar-refractivity contribution in [3.05, 3.63) is 35.4 Å². The SMILES string of the molecule is O=C(Cc1csnn1)c1ccncn1.